The van der Waals surface area contributed by atoms with Crippen molar-refractivity contribution in [2.24, 2.45) is 22.2 Å². The van der Waals surface area contributed by atoms with Crippen molar-refractivity contribution in [2.75, 3.05) is 7.11 Å². The largest absolute Gasteiger partial charge is 0.469 e. The lowest BCUT2D eigenvalue weighted by molar-refractivity contribution is -0.162. The third kappa shape index (κ3) is 5.41. The van der Waals surface area contributed by atoms with Gasteiger partial charge in [0.05, 0.1) is 12.5 Å². The molecule has 0 aliphatic carbocycles. The van der Waals surface area contributed by atoms with Gasteiger partial charge in [-0.3, -0.25) is 4.79 Å². The van der Waals surface area contributed by atoms with Gasteiger partial charge in [0.15, 0.2) is 0 Å². The molecule has 2 rings (SSSR count). The molecular formula is C32H44O2. The number of benzene rings is 2. The van der Waals surface area contributed by atoms with Gasteiger partial charge in [-0.2, -0.15) is 0 Å². The molecule has 0 N–H and O–H groups in total. The van der Waals surface area contributed by atoms with Crippen LogP contribution in [0.1, 0.15) is 85.3 Å². The minimum atomic E-state index is -0.716. The summed E-state index contributed by atoms with van der Waals surface area (Å²) in [5.41, 5.74) is 1.17. The summed E-state index contributed by atoms with van der Waals surface area (Å²) in [6.07, 6.45) is 8.88. The maximum Gasteiger partial charge on any atom is 0.312 e. The number of carbonyl (C=O) groups excluding carboxylic acids is 1. The zero-order chi connectivity index (χ0) is 25.6. The molecule has 0 aliphatic heterocycles. The van der Waals surface area contributed by atoms with Gasteiger partial charge in [0.1, 0.15) is 0 Å². The van der Waals surface area contributed by atoms with Gasteiger partial charge in [0.25, 0.3) is 0 Å². The molecule has 2 heteroatoms. The summed E-state index contributed by atoms with van der Waals surface area (Å²) in [4.78, 5) is 13.2. The summed E-state index contributed by atoms with van der Waals surface area (Å²) in [6.45, 7) is 15.4. The van der Waals surface area contributed by atoms with Crippen LogP contribution in [0.5, 0.6) is 0 Å². The minimum absolute atomic E-state index is 0.177. The Hall–Kier alpha value is -2.53. The van der Waals surface area contributed by atoms with Gasteiger partial charge in [0, 0.05) is 11.8 Å². The predicted molar refractivity (Wildman–Crippen MR) is 143 cm³/mol. The van der Waals surface area contributed by atoms with E-state index in [2.05, 4.69) is 108 Å². The van der Waals surface area contributed by atoms with Crippen molar-refractivity contribution in [1.29, 1.82) is 0 Å². The normalized spacial score (nSPS) is 15.1. The van der Waals surface area contributed by atoms with Gasteiger partial charge in [-0.05, 0) is 47.6 Å². The fourth-order valence-electron chi connectivity index (χ4n) is 5.97. The topological polar surface area (TPSA) is 26.3 Å². The first-order valence-corrected chi connectivity index (χ1v) is 12.5. The van der Waals surface area contributed by atoms with E-state index in [1.54, 1.807) is 0 Å². The molecule has 2 aromatic carbocycles. The SMILES string of the molecule is C#CCC(C)(C)C(C)(CC(C)(C)CC(c1ccccc1)(c1ccccc1)C(C)CC)C(=O)OC. The average molecular weight is 461 g/mol. The summed E-state index contributed by atoms with van der Waals surface area (Å²) in [5.74, 6) is 3.01. The summed E-state index contributed by atoms with van der Waals surface area (Å²) in [7, 11) is 1.48. The Labute approximate surface area is 208 Å². The van der Waals surface area contributed by atoms with Crippen LogP contribution < -0.4 is 0 Å². The van der Waals surface area contributed by atoms with Crippen LogP contribution in [0.2, 0.25) is 0 Å². The molecule has 2 nitrogen and oxygen atoms in total. The van der Waals surface area contributed by atoms with E-state index in [4.69, 9.17) is 11.2 Å². The molecule has 34 heavy (non-hydrogen) atoms. The maximum atomic E-state index is 13.2. The highest BCUT2D eigenvalue weighted by Crippen LogP contribution is 2.55. The molecule has 0 saturated carbocycles. The standard InChI is InChI=1S/C32H44O2/c1-10-22-30(6,7)31(8,28(33)34-9)23-29(4,5)24-32(25(3)11-2,26-18-14-12-15-19-26)27-20-16-13-17-21-27/h1,12-21,25H,11,22-24H2,2-9H3. The van der Waals surface area contributed by atoms with Gasteiger partial charge in [0.2, 0.25) is 0 Å². The fraction of sp³-hybridized carbons (Fsp3) is 0.531. The van der Waals surface area contributed by atoms with E-state index in [1.807, 2.05) is 6.92 Å². The summed E-state index contributed by atoms with van der Waals surface area (Å²) < 4.78 is 5.35. The quantitative estimate of drug-likeness (QED) is 0.250. The van der Waals surface area contributed by atoms with Crippen LogP contribution in [0.4, 0.5) is 0 Å². The number of hydrogen-bond acceptors (Lipinski definition) is 2. The zero-order valence-corrected chi connectivity index (χ0v) is 22.6. The number of methoxy groups -OCH3 is 1. The van der Waals surface area contributed by atoms with Gasteiger partial charge in [-0.1, -0.05) is 109 Å². The lowest BCUT2D eigenvalue weighted by Crippen LogP contribution is -2.48. The fourth-order valence-corrected chi connectivity index (χ4v) is 5.97. The van der Waals surface area contributed by atoms with Crippen molar-refractivity contribution < 1.29 is 9.53 Å². The number of rotatable bonds is 11. The van der Waals surface area contributed by atoms with Crippen molar-refractivity contribution in [3.8, 4) is 12.3 Å². The lowest BCUT2D eigenvalue weighted by Gasteiger charge is -2.50. The number of terminal acetylenes is 1. The van der Waals surface area contributed by atoms with Crippen LogP contribution in [-0.2, 0) is 14.9 Å². The molecule has 2 atom stereocenters. The molecule has 0 spiro atoms. The average Bonchev–Trinajstić information content (AvgIpc) is 2.82. The lowest BCUT2D eigenvalue weighted by atomic mass is 9.53. The monoisotopic (exact) mass is 460 g/mol. The second-order valence-electron chi connectivity index (χ2n) is 11.6. The first-order chi connectivity index (χ1) is 15.9. The molecule has 0 radical (unpaired) electrons. The van der Waals surface area contributed by atoms with Crippen LogP contribution in [0, 0.1) is 34.5 Å². The van der Waals surface area contributed by atoms with Crippen molar-refractivity contribution in [3.63, 3.8) is 0 Å². The molecule has 0 fully saturated rings. The molecule has 0 heterocycles. The molecule has 0 amide bonds. The Kier molecular flexibility index (Phi) is 8.81. The van der Waals surface area contributed by atoms with Crippen LogP contribution in [0.15, 0.2) is 60.7 Å². The van der Waals surface area contributed by atoms with E-state index in [0.717, 1.165) is 12.8 Å². The third-order valence-electron chi connectivity index (χ3n) is 8.29. The van der Waals surface area contributed by atoms with Crippen molar-refractivity contribution >= 4 is 5.97 Å². The third-order valence-corrected chi connectivity index (χ3v) is 8.29. The predicted octanol–water partition coefficient (Wildman–Crippen LogP) is 8.05. The van der Waals surface area contributed by atoms with Crippen LogP contribution >= 0.6 is 0 Å². The minimum Gasteiger partial charge on any atom is -0.469 e. The summed E-state index contributed by atoms with van der Waals surface area (Å²) in [5, 5.41) is 0. The summed E-state index contributed by atoms with van der Waals surface area (Å²) in [6, 6.07) is 21.7. The number of hydrogen-bond donors (Lipinski definition) is 0. The van der Waals surface area contributed by atoms with Crippen molar-refractivity contribution in [1.82, 2.24) is 0 Å². The smallest absolute Gasteiger partial charge is 0.312 e. The number of esters is 1. The van der Waals surface area contributed by atoms with E-state index in [1.165, 1.54) is 18.2 Å². The Bertz CT molecular complexity index is 926. The zero-order valence-electron chi connectivity index (χ0n) is 22.6. The van der Waals surface area contributed by atoms with Gasteiger partial charge >= 0.3 is 5.97 Å². The van der Waals surface area contributed by atoms with E-state index < -0.39 is 10.8 Å². The van der Waals surface area contributed by atoms with E-state index in [0.29, 0.717) is 18.8 Å². The van der Waals surface area contributed by atoms with E-state index >= 15 is 0 Å². The second kappa shape index (κ2) is 10.8. The second-order valence-corrected chi connectivity index (χ2v) is 11.6. The van der Waals surface area contributed by atoms with Crippen LogP contribution in [-0.4, -0.2) is 13.1 Å². The Morgan fingerprint density at radius 1 is 0.912 bits per heavy atom. The molecule has 0 aliphatic rings. The van der Waals surface area contributed by atoms with Crippen LogP contribution in [0.3, 0.4) is 0 Å². The number of ether oxygens (including phenoxy) is 1. The molecule has 2 aromatic rings. The van der Waals surface area contributed by atoms with Gasteiger partial charge in [-0.25, -0.2) is 0 Å². The molecule has 184 valence electrons. The van der Waals surface area contributed by atoms with Gasteiger partial charge in [-0.15, -0.1) is 12.3 Å². The van der Waals surface area contributed by atoms with Crippen molar-refractivity contribution in [3.05, 3.63) is 71.8 Å². The summed E-state index contributed by atoms with van der Waals surface area (Å²) >= 11 is 0. The molecule has 0 aromatic heterocycles. The highest BCUT2D eigenvalue weighted by molar-refractivity contribution is 5.77. The first-order valence-electron chi connectivity index (χ1n) is 12.5. The van der Waals surface area contributed by atoms with Gasteiger partial charge < -0.3 is 4.74 Å². The Morgan fingerprint density at radius 2 is 1.38 bits per heavy atom. The molecule has 0 saturated heterocycles. The highest BCUT2D eigenvalue weighted by Gasteiger charge is 2.52. The molecular weight excluding hydrogens is 416 g/mol. The first kappa shape index (κ1) is 27.7. The highest BCUT2D eigenvalue weighted by atomic mass is 16.5. The Balaban J connectivity index is 2.68. The molecule has 0 bridgehead atoms. The van der Waals surface area contributed by atoms with Crippen molar-refractivity contribution in [2.45, 2.75) is 79.6 Å². The Morgan fingerprint density at radius 3 is 1.76 bits per heavy atom. The number of carbonyl (C=O) groups is 1. The van der Waals surface area contributed by atoms with Crippen LogP contribution in [0.25, 0.3) is 0 Å². The maximum absolute atomic E-state index is 13.2. The van der Waals surface area contributed by atoms with E-state index in [9.17, 15) is 4.79 Å². The molecule has 2 unspecified atom stereocenters. The van der Waals surface area contributed by atoms with E-state index in [-0.39, 0.29) is 16.8 Å².